The van der Waals surface area contributed by atoms with Crippen molar-refractivity contribution in [3.05, 3.63) is 66.6 Å². The first-order valence-corrected chi connectivity index (χ1v) is 10.5. The molecule has 170 valence electrons. The zero-order valence-corrected chi connectivity index (χ0v) is 18.2. The minimum absolute atomic E-state index is 0.0133. The van der Waals surface area contributed by atoms with Crippen molar-refractivity contribution in [3.63, 3.8) is 0 Å². The van der Waals surface area contributed by atoms with Crippen molar-refractivity contribution in [2.24, 2.45) is 0 Å². The molecule has 0 fully saturated rings. The average molecular weight is 447 g/mol. The summed E-state index contributed by atoms with van der Waals surface area (Å²) in [7, 11) is 1.60. The van der Waals surface area contributed by atoms with Crippen molar-refractivity contribution in [1.29, 1.82) is 0 Å². The minimum Gasteiger partial charge on any atom is -0.497 e. The Morgan fingerprint density at radius 3 is 2.91 bits per heavy atom. The van der Waals surface area contributed by atoms with Crippen LogP contribution in [0.3, 0.4) is 0 Å². The SMILES string of the molecule is COc1cccc(CNC(=O)Nc2ccc(-c3ncnc4[nH]ccc34)cc2OCCCO)c1. The molecule has 0 atom stereocenters. The summed E-state index contributed by atoms with van der Waals surface area (Å²) >= 11 is 0. The second kappa shape index (κ2) is 10.5. The predicted molar refractivity (Wildman–Crippen MR) is 125 cm³/mol. The number of aliphatic hydroxyl groups is 1. The van der Waals surface area contributed by atoms with Crippen LogP contribution in [0.4, 0.5) is 10.5 Å². The van der Waals surface area contributed by atoms with Crippen molar-refractivity contribution in [3.8, 4) is 22.8 Å². The number of amides is 2. The van der Waals surface area contributed by atoms with Crippen LogP contribution in [0.1, 0.15) is 12.0 Å². The number of aromatic amines is 1. The summed E-state index contributed by atoms with van der Waals surface area (Å²) in [5.74, 6) is 1.21. The van der Waals surface area contributed by atoms with Gasteiger partial charge in [-0.05, 0) is 35.9 Å². The summed E-state index contributed by atoms with van der Waals surface area (Å²) in [5, 5.41) is 15.7. The molecule has 2 heterocycles. The van der Waals surface area contributed by atoms with Gasteiger partial charge in [0.15, 0.2) is 0 Å². The normalized spacial score (nSPS) is 10.7. The number of urea groups is 1. The summed E-state index contributed by atoms with van der Waals surface area (Å²) in [5.41, 5.74) is 3.74. The van der Waals surface area contributed by atoms with Gasteiger partial charge in [0.2, 0.25) is 0 Å². The molecule has 0 aliphatic rings. The second-order valence-corrected chi connectivity index (χ2v) is 7.26. The van der Waals surface area contributed by atoms with E-state index in [1.165, 1.54) is 6.33 Å². The molecule has 4 N–H and O–H groups in total. The molecule has 0 unspecified atom stereocenters. The number of fused-ring (bicyclic) bond motifs is 1. The Balaban J connectivity index is 1.52. The number of methoxy groups -OCH3 is 1. The van der Waals surface area contributed by atoms with E-state index in [0.717, 1.165) is 33.6 Å². The van der Waals surface area contributed by atoms with Gasteiger partial charge in [0.25, 0.3) is 0 Å². The number of rotatable bonds is 9. The number of hydrogen-bond donors (Lipinski definition) is 4. The van der Waals surface area contributed by atoms with Crippen molar-refractivity contribution in [1.82, 2.24) is 20.3 Å². The number of hydrogen-bond acceptors (Lipinski definition) is 6. The van der Waals surface area contributed by atoms with Crippen LogP contribution < -0.4 is 20.1 Å². The summed E-state index contributed by atoms with van der Waals surface area (Å²) in [6.45, 7) is 0.664. The van der Waals surface area contributed by atoms with E-state index in [-0.39, 0.29) is 12.6 Å². The van der Waals surface area contributed by atoms with Gasteiger partial charge in [-0.3, -0.25) is 0 Å². The van der Waals surface area contributed by atoms with Gasteiger partial charge in [0.05, 0.1) is 25.1 Å². The van der Waals surface area contributed by atoms with E-state index in [0.29, 0.717) is 31.0 Å². The van der Waals surface area contributed by atoms with Crippen molar-refractivity contribution >= 4 is 22.8 Å². The highest BCUT2D eigenvalue weighted by Crippen LogP contribution is 2.33. The van der Waals surface area contributed by atoms with E-state index in [2.05, 4.69) is 25.6 Å². The fourth-order valence-corrected chi connectivity index (χ4v) is 3.37. The van der Waals surface area contributed by atoms with Crippen LogP contribution in [-0.4, -0.2) is 46.4 Å². The lowest BCUT2D eigenvalue weighted by atomic mass is 10.1. The van der Waals surface area contributed by atoms with E-state index in [1.54, 1.807) is 13.2 Å². The number of aliphatic hydroxyl groups excluding tert-OH is 1. The highest BCUT2D eigenvalue weighted by Gasteiger charge is 2.13. The Hall–Kier alpha value is -4.11. The number of ether oxygens (including phenoxy) is 2. The second-order valence-electron chi connectivity index (χ2n) is 7.26. The number of carbonyl (C=O) groups is 1. The molecular formula is C24H25N5O4. The van der Waals surface area contributed by atoms with E-state index >= 15 is 0 Å². The van der Waals surface area contributed by atoms with Gasteiger partial charge >= 0.3 is 6.03 Å². The third-order valence-corrected chi connectivity index (χ3v) is 5.00. The molecule has 9 nitrogen and oxygen atoms in total. The number of nitrogens with zero attached hydrogens (tertiary/aromatic N) is 2. The van der Waals surface area contributed by atoms with Crippen molar-refractivity contribution in [2.45, 2.75) is 13.0 Å². The minimum atomic E-state index is -0.368. The van der Waals surface area contributed by atoms with Gasteiger partial charge in [-0.1, -0.05) is 18.2 Å². The molecule has 2 aromatic carbocycles. The number of benzene rings is 2. The van der Waals surface area contributed by atoms with Gasteiger partial charge in [-0.2, -0.15) is 0 Å². The van der Waals surface area contributed by atoms with Crippen LogP contribution in [0.5, 0.6) is 11.5 Å². The molecule has 33 heavy (non-hydrogen) atoms. The molecule has 0 saturated heterocycles. The van der Waals surface area contributed by atoms with Crippen molar-refractivity contribution in [2.75, 3.05) is 25.6 Å². The Bertz CT molecular complexity index is 1240. The van der Waals surface area contributed by atoms with Gasteiger partial charge in [0, 0.05) is 36.7 Å². The molecule has 0 aliphatic heterocycles. The van der Waals surface area contributed by atoms with Crippen LogP contribution in [0.15, 0.2) is 61.1 Å². The van der Waals surface area contributed by atoms with Crippen LogP contribution in [-0.2, 0) is 6.54 Å². The molecule has 4 rings (SSSR count). The van der Waals surface area contributed by atoms with Crippen LogP contribution in [0, 0.1) is 0 Å². The predicted octanol–water partition coefficient (Wildman–Crippen LogP) is 3.72. The Kier molecular flexibility index (Phi) is 7.01. The number of carbonyl (C=O) groups excluding carboxylic acids is 1. The molecule has 4 aromatic rings. The monoisotopic (exact) mass is 447 g/mol. The molecule has 0 spiro atoms. The first-order valence-electron chi connectivity index (χ1n) is 10.5. The van der Waals surface area contributed by atoms with Crippen molar-refractivity contribution < 1.29 is 19.4 Å². The van der Waals surface area contributed by atoms with Gasteiger partial charge in [-0.15, -0.1) is 0 Å². The average Bonchev–Trinajstić information content (AvgIpc) is 3.33. The maximum atomic E-state index is 12.5. The Morgan fingerprint density at radius 1 is 1.15 bits per heavy atom. The molecule has 0 aliphatic carbocycles. The number of anilines is 1. The molecular weight excluding hydrogens is 422 g/mol. The molecule has 0 saturated carbocycles. The topological polar surface area (TPSA) is 121 Å². The fraction of sp³-hybridized carbons (Fsp3) is 0.208. The third kappa shape index (κ3) is 5.39. The van der Waals surface area contributed by atoms with E-state index in [4.69, 9.17) is 14.6 Å². The summed E-state index contributed by atoms with van der Waals surface area (Å²) in [6.07, 6.45) is 3.78. The van der Waals surface area contributed by atoms with Gasteiger partial charge in [-0.25, -0.2) is 14.8 Å². The summed E-state index contributed by atoms with van der Waals surface area (Å²) < 4.78 is 11.1. The molecule has 0 radical (unpaired) electrons. The maximum absolute atomic E-state index is 12.5. The highest BCUT2D eigenvalue weighted by atomic mass is 16.5. The molecule has 2 amide bonds. The number of nitrogens with one attached hydrogen (secondary N) is 3. The van der Waals surface area contributed by atoms with Gasteiger partial charge in [0.1, 0.15) is 23.5 Å². The smallest absolute Gasteiger partial charge is 0.319 e. The van der Waals surface area contributed by atoms with E-state index < -0.39 is 0 Å². The lowest BCUT2D eigenvalue weighted by Crippen LogP contribution is -2.28. The zero-order valence-electron chi connectivity index (χ0n) is 18.2. The summed E-state index contributed by atoms with van der Waals surface area (Å²) in [6, 6.07) is 14.5. The number of H-pyrrole nitrogens is 1. The lowest BCUT2D eigenvalue weighted by molar-refractivity contribution is 0.233. The largest absolute Gasteiger partial charge is 0.497 e. The maximum Gasteiger partial charge on any atom is 0.319 e. The van der Waals surface area contributed by atoms with Crippen LogP contribution >= 0.6 is 0 Å². The Labute approximate surface area is 190 Å². The highest BCUT2D eigenvalue weighted by molar-refractivity contribution is 5.94. The molecule has 9 heteroatoms. The number of aromatic nitrogens is 3. The lowest BCUT2D eigenvalue weighted by Gasteiger charge is -2.15. The molecule has 0 bridgehead atoms. The Morgan fingerprint density at radius 2 is 2.06 bits per heavy atom. The van der Waals surface area contributed by atoms with Gasteiger partial charge < -0.3 is 30.2 Å². The fourth-order valence-electron chi connectivity index (χ4n) is 3.37. The first-order chi connectivity index (χ1) is 16.2. The molecule has 2 aromatic heterocycles. The van der Waals surface area contributed by atoms with Crippen LogP contribution in [0.2, 0.25) is 0 Å². The quantitative estimate of drug-likeness (QED) is 0.290. The van der Waals surface area contributed by atoms with Crippen LogP contribution in [0.25, 0.3) is 22.3 Å². The standard InChI is InChI=1S/C24H25N5O4/c1-32-18-5-2-4-16(12-18)14-26-24(31)29-20-7-6-17(13-21(20)33-11-3-10-30)22-19-8-9-25-23(19)28-15-27-22/h2,4-9,12-13,15,30H,3,10-11,14H2,1H3,(H,25,27,28)(H2,26,29,31). The first kappa shape index (κ1) is 22.1. The van der Waals surface area contributed by atoms with E-state index in [9.17, 15) is 4.79 Å². The summed E-state index contributed by atoms with van der Waals surface area (Å²) in [4.78, 5) is 24.3. The van der Waals surface area contributed by atoms with E-state index in [1.807, 2.05) is 48.7 Å². The zero-order chi connectivity index (χ0) is 23.0. The third-order valence-electron chi connectivity index (χ3n) is 5.00.